The van der Waals surface area contributed by atoms with Crippen LogP contribution in [0.3, 0.4) is 0 Å². The summed E-state index contributed by atoms with van der Waals surface area (Å²) in [7, 11) is 1.81. The van der Waals surface area contributed by atoms with E-state index in [1.807, 2.05) is 4.90 Å². The lowest BCUT2D eigenvalue weighted by molar-refractivity contribution is 0.0424. The average molecular weight is 255 g/mol. The lowest BCUT2D eigenvalue weighted by atomic mass is 10.1. The fraction of sp³-hybridized carbons (Fsp3) is 0.462. The van der Waals surface area contributed by atoms with E-state index in [9.17, 15) is 14.3 Å². The summed E-state index contributed by atoms with van der Waals surface area (Å²) < 4.78 is 13.4. The van der Waals surface area contributed by atoms with Gasteiger partial charge in [-0.25, -0.2) is 9.18 Å². The molecule has 18 heavy (non-hydrogen) atoms. The van der Waals surface area contributed by atoms with Gasteiger partial charge in [0.15, 0.2) is 0 Å². The molecule has 100 valence electrons. The van der Waals surface area contributed by atoms with Gasteiger partial charge in [-0.1, -0.05) is 6.07 Å². The number of hydrogen-bond donors (Lipinski definition) is 2. The van der Waals surface area contributed by atoms with Gasteiger partial charge in [-0.05, 0) is 38.6 Å². The molecule has 2 N–H and O–H groups in total. The van der Waals surface area contributed by atoms with Crippen molar-refractivity contribution in [3.63, 3.8) is 0 Å². The molecule has 0 aliphatic heterocycles. The molecule has 1 aromatic carbocycles. The highest BCUT2D eigenvalue weighted by Crippen LogP contribution is 2.13. The Morgan fingerprint density at radius 2 is 2.06 bits per heavy atom. The summed E-state index contributed by atoms with van der Waals surface area (Å²) in [5.74, 6) is -2.01. The number of hydrogen-bond acceptors (Lipinski definition) is 3. The van der Waals surface area contributed by atoms with Crippen LogP contribution in [0.4, 0.5) is 4.39 Å². The van der Waals surface area contributed by atoms with Gasteiger partial charge in [0, 0.05) is 13.1 Å². The molecule has 0 amide bonds. The second-order valence-corrected chi connectivity index (χ2v) is 5.10. The van der Waals surface area contributed by atoms with E-state index < -0.39 is 17.4 Å². The standard InChI is InChI=1S/C13H18FNO3/c1-13(2,18)8-15(3)7-9-4-5-10(12(16)17)11(14)6-9/h4-6,18H,7-8H2,1-3H3,(H,16,17). The first kappa shape index (κ1) is 14.6. The minimum absolute atomic E-state index is 0.330. The first-order valence-corrected chi connectivity index (χ1v) is 5.62. The number of benzene rings is 1. The number of rotatable bonds is 5. The Kier molecular flexibility index (Phi) is 4.43. The zero-order chi connectivity index (χ0) is 13.9. The summed E-state index contributed by atoms with van der Waals surface area (Å²) in [5.41, 5.74) is -0.484. The Hall–Kier alpha value is -1.46. The third-order valence-corrected chi connectivity index (χ3v) is 2.37. The van der Waals surface area contributed by atoms with Gasteiger partial charge in [-0.2, -0.15) is 0 Å². The molecule has 1 aromatic rings. The molecule has 0 fully saturated rings. The normalized spacial score (nSPS) is 11.9. The van der Waals surface area contributed by atoms with E-state index >= 15 is 0 Å². The van der Waals surface area contributed by atoms with E-state index in [1.54, 1.807) is 27.0 Å². The van der Waals surface area contributed by atoms with Crippen LogP contribution in [0.25, 0.3) is 0 Å². The molecule has 0 aromatic heterocycles. The largest absolute Gasteiger partial charge is 0.478 e. The highest BCUT2D eigenvalue weighted by Gasteiger charge is 2.16. The Morgan fingerprint density at radius 3 is 2.50 bits per heavy atom. The second-order valence-electron chi connectivity index (χ2n) is 5.10. The van der Waals surface area contributed by atoms with Crippen molar-refractivity contribution in [1.29, 1.82) is 0 Å². The Morgan fingerprint density at radius 1 is 1.44 bits per heavy atom. The maximum atomic E-state index is 13.4. The predicted octanol–water partition coefficient (Wildman–Crippen LogP) is 1.73. The number of aromatic carboxylic acids is 1. The van der Waals surface area contributed by atoms with Crippen molar-refractivity contribution < 1.29 is 19.4 Å². The topological polar surface area (TPSA) is 60.8 Å². The highest BCUT2D eigenvalue weighted by atomic mass is 19.1. The first-order valence-electron chi connectivity index (χ1n) is 5.62. The van der Waals surface area contributed by atoms with E-state index in [1.165, 1.54) is 12.1 Å². The van der Waals surface area contributed by atoms with E-state index in [-0.39, 0.29) is 5.56 Å². The number of carboxylic acid groups (broad SMARTS) is 1. The Balaban J connectivity index is 2.75. The zero-order valence-corrected chi connectivity index (χ0v) is 10.8. The van der Waals surface area contributed by atoms with Crippen LogP contribution in [-0.2, 0) is 6.54 Å². The van der Waals surface area contributed by atoms with Gasteiger partial charge in [0.1, 0.15) is 5.82 Å². The summed E-state index contributed by atoms with van der Waals surface area (Å²) in [6, 6.07) is 4.04. The van der Waals surface area contributed by atoms with Gasteiger partial charge in [-0.15, -0.1) is 0 Å². The summed E-state index contributed by atoms with van der Waals surface area (Å²) in [6.45, 7) is 4.27. The molecule has 1 rings (SSSR count). The molecule has 0 atom stereocenters. The van der Waals surface area contributed by atoms with E-state index in [2.05, 4.69) is 0 Å². The van der Waals surface area contributed by atoms with Crippen LogP contribution >= 0.6 is 0 Å². The summed E-state index contributed by atoms with van der Waals surface area (Å²) in [5, 5.41) is 18.4. The molecule has 0 radical (unpaired) electrons. The molecule has 4 nitrogen and oxygen atoms in total. The van der Waals surface area contributed by atoms with Crippen molar-refractivity contribution in [3.8, 4) is 0 Å². The molecular formula is C13H18FNO3. The van der Waals surface area contributed by atoms with Gasteiger partial charge in [-0.3, -0.25) is 4.90 Å². The molecule has 0 saturated heterocycles. The van der Waals surface area contributed by atoms with Gasteiger partial charge < -0.3 is 10.2 Å². The van der Waals surface area contributed by atoms with Gasteiger partial charge in [0.25, 0.3) is 0 Å². The van der Waals surface area contributed by atoms with Crippen molar-refractivity contribution in [2.45, 2.75) is 26.0 Å². The minimum Gasteiger partial charge on any atom is -0.478 e. The molecule has 0 aliphatic rings. The van der Waals surface area contributed by atoms with Crippen LogP contribution in [0.2, 0.25) is 0 Å². The smallest absolute Gasteiger partial charge is 0.338 e. The average Bonchev–Trinajstić information content (AvgIpc) is 2.13. The molecule has 0 spiro atoms. The third kappa shape index (κ3) is 4.43. The van der Waals surface area contributed by atoms with E-state index in [4.69, 9.17) is 5.11 Å². The Labute approximate surface area is 106 Å². The maximum Gasteiger partial charge on any atom is 0.338 e. The van der Waals surface area contributed by atoms with Crippen LogP contribution in [0.1, 0.15) is 29.8 Å². The number of aliphatic hydroxyl groups is 1. The van der Waals surface area contributed by atoms with Crippen LogP contribution in [0.15, 0.2) is 18.2 Å². The zero-order valence-electron chi connectivity index (χ0n) is 10.8. The lowest BCUT2D eigenvalue weighted by Gasteiger charge is -2.25. The fourth-order valence-corrected chi connectivity index (χ4v) is 1.86. The van der Waals surface area contributed by atoms with E-state index in [0.29, 0.717) is 18.7 Å². The number of likely N-dealkylation sites (N-methyl/N-ethyl adjacent to an activating group) is 1. The molecule has 0 aliphatic carbocycles. The summed E-state index contributed by atoms with van der Waals surface area (Å²) in [6.07, 6.45) is 0. The SMILES string of the molecule is CN(Cc1ccc(C(=O)O)c(F)c1)CC(C)(C)O. The molecular weight excluding hydrogens is 237 g/mol. The lowest BCUT2D eigenvalue weighted by Crippen LogP contribution is -2.35. The molecule has 5 heteroatoms. The van der Waals surface area contributed by atoms with Crippen molar-refractivity contribution >= 4 is 5.97 Å². The number of nitrogens with zero attached hydrogens (tertiary/aromatic N) is 1. The van der Waals surface area contributed by atoms with Gasteiger partial charge in [0.05, 0.1) is 11.2 Å². The van der Waals surface area contributed by atoms with Crippen LogP contribution in [-0.4, -0.2) is 40.3 Å². The summed E-state index contributed by atoms with van der Waals surface area (Å²) in [4.78, 5) is 12.5. The van der Waals surface area contributed by atoms with Crippen LogP contribution < -0.4 is 0 Å². The fourth-order valence-electron chi connectivity index (χ4n) is 1.86. The molecule has 0 bridgehead atoms. The maximum absolute atomic E-state index is 13.4. The predicted molar refractivity (Wildman–Crippen MR) is 66.0 cm³/mol. The Bertz CT molecular complexity index is 440. The molecule has 0 heterocycles. The minimum atomic E-state index is -1.27. The summed E-state index contributed by atoms with van der Waals surface area (Å²) >= 11 is 0. The number of carbonyl (C=O) groups is 1. The van der Waals surface area contributed by atoms with Crippen LogP contribution in [0.5, 0.6) is 0 Å². The van der Waals surface area contributed by atoms with Gasteiger partial charge in [0.2, 0.25) is 0 Å². The van der Waals surface area contributed by atoms with E-state index in [0.717, 1.165) is 0 Å². The number of halogens is 1. The van der Waals surface area contributed by atoms with Gasteiger partial charge >= 0.3 is 5.97 Å². The van der Waals surface area contributed by atoms with Crippen molar-refractivity contribution in [2.75, 3.05) is 13.6 Å². The van der Waals surface area contributed by atoms with Crippen molar-refractivity contribution in [1.82, 2.24) is 4.90 Å². The number of carboxylic acids is 1. The van der Waals surface area contributed by atoms with Crippen molar-refractivity contribution in [3.05, 3.63) is 35.1 Å². The second kappa shape index (κ2) is 5.46. The first-order chi connectivity index (χ1) is 8.19. The third-order valence-electron chi connectivity index (χ3n) is 2.37. The van der Waals surface area contributed by atoms with Crippen molar-refractivity contribution in [2.24, 2.45) is 0 Å². The highest BCUT2D eigenvalue weighted by molar-refractivity contribution is 5.87. The monoisotopic (exact) mass is 255 g/mol. The molecule has 0 unspecified atom stereocenters. The van der Waals surface area contributed by atoms with Crippen LogP contribution in [0, 0.1) is 5.82 Å². The quantitative estimate of drug-likeness (QED) is 0.841. The molecule has 0 saturated carbocycles.